The Morgan fingerprint density at radius 2 is 1.20 bits per heavy atom. The molecule has 0 spiro atoms. The van der Waals surface area contributed by atoms with E-state index in [4.69, 9.17) is 29.2 Å². The summed E-state index contributed by atoms with van der Waals surface area (Å²) in [5.41, 5.74) is 11.9. The molecule has 1 aliphatic heterocycles. The Labute approximate surface area is 233 Å². The highest BCUT2D eigenvalue weighted by Gasteiger charge is 2.48. The van der Waals surface area contributed by atoms with Crippen LogP contribution in [-0.2, 0) is 43.5 Å². The van der Waals surface area contributed by atoms with Gasteiger partial charge in [-0.3, -0.25) is 0 Å². The van der Waals surface area contributed by atoms with Crippen molar-refractivity contribution in [1.82, 2.24) is 0 Å². The third-order valence-corrected chi connectivity index (χ3v) is 6.44. The highest BCUT2D eigenvalue weighted by atomic mass is 16.7. The minimum absolute atomic E-state index is 0.0328. The molecular formula is C30H35N3O7. The summed E-state index contributed by atoms with van der Waals surface area (Å²) < 4.78 is 31.4. The van der Waals surface area contributed by atoms with Gasteiger partial charge in [0.05, 0.1) is 45.7 Å². The van der Waals surface area contributed by atoms with Crippen molar-refractivity contribution in [2.45, 2.75) is 56.6 Å². The number of hydrogen-bond acceptors (Lipinski definition) is 8. The fourth-order valence-corrected chi connectivity index (χ4v) is 4.40. The third kappa shape index (κ3) is 8.85. The molecule has 0 aliphatic carbocycles. The lowest BCUT2D eigenvalue weighted by molar-refractivity contribution is -0.324. The van der Waals surface area contributed by atoms with Gasteiger partial charge in [0.1, 0.15) is 24.4 Å². The number of benzene rings is 3. The fourth-order valence-electron chi connectivity index (χ4n) is 4.40. The van der Waals surface area contributed by atoms with Crippen molar-refractivity contribution in [1.29, 1.82) is 0 Å². The van der Waals surface area contributed by atoms with E-state index >= 15 is 0 Å². The molecular weight excluding hydrogens is 514 g/mol. The van der Waals surface area contributed by atoms with Crippen molar-refractivity contribution >= 4 is 0 Å². The Hall–Kier alpha value is -3.31. The zero-order valence-electron chi connectivity index (χ0n) is 22.1. The zero-order chi connectivity index (χ0) is 28.0. The average molecular weight is 550 g/mol. The molecule has 1 fully saturated rings. The Kier molecular flexibility index (Phi) is 11.9. The van der Waals surface area contributed by atoms with Crippen molar-refractivity contribution in [2.75, 3.05) is 19.8 Å². The molecule has 40 heavy (non-hydrogen) atoms. The van der Waals surface area contributed by atoms with Crippen molar-refractivity contribution in [3.8, 4) is 0 Å². The summed E-state index contributed by atoms with van der Waals surface area (Å²) in [5, 5.41) is 23.1. The first kappa shape index (κ1) is 29.7. The Morgan fingerprint density at radius 3 is 1.68 bits per heavy atom. The van der Waals surface area contributed by atoms with Gasteiger partial charge in [-0.15, -0.1) is 0 Å². The molecule has 10 heteroatoms. The molecule has 1 aliphatic rings. The van der Waals surface area contributed by atoms with Crippen LogP contribution in [0, 0.1) is 0 Å². The van der Waals surface area contributed by atoms with Gasteiger partial charge in [0.25, 0.3) is 0 Å². The maximum Gasteiger partial charge on any atom is 0.186 e. The summed E-state index contributed by atoms with van der Waals surface area (Å²) in [6.07, 6.45) is -4.99. The number of aliphatic hydroxyl groups excluding tert-OH is 2. The van der Waals surface area contributed by atoms with Crippen LogP contribution in [0.1, 0.15) is 16.7 Å². The van der Waals surface area contributed by atoms with Crippen LogP contribution >= 0.6 is 0 Å². The minimum Gasteiger partial charge on any atom is -0.394 e. The molecule has 3 aromatic rings. The number of rotatable bonds is 15. The first-order valence-corrected chi connectivity index (χ1v) is 13.2. The lowest BCUT2D eigenvalue weighted by Gasteiger charge is -2.45. The highest BCUT2D eigenvalue weighted by molar-refractivity contribution is 5.15. The average Bonchev–Trinajstić information content (AvgIpc) is 3.01. The van der Waals surface area contributed by atoms with E-state index in [1.807, 2.05) is 91.0 Å². The second kappa shape index (κ2) is 16.1. The number of nitrogens with zero attached hydrogens (tertiary/aromatic N) is 3. The van der Waals surface area contributed by atoms with Gasteiger partial charge in [-0.25, -0.2) is 0 Å². The standard InChI is InChI=1S/C30H35N3O7/c31-33-32-16-26-27(36-18-22-10-4-1-5-11-22)28(37-19-23-12-6-2-7-13-23)29(30(40-26)39-21-25(35)17-34)38-20-24-14-8-3-9-15-24/h1-15,25-30,34-35H,16-21H2/t25-,26-,27?,28+,29?,30?/m1/s1. The largest absolute Gasteiger partial charge is 0.394 e. The van der Waals surface area contributed by atoms with Gasteiger partial charge < -0.3 is 33.9 Å². The van der Waals surface area contributed by atoms with Crippen LogP contribution < -0.4 is 0 Å². The Balaban J connectivity index is 1.64. The Bertz CT molecular complexity index is 1170. The molecule has 0 saturated carbocycles. The summed E-state index contributed by atoms with van der Waals surface area (Å²) in [7, 11) is 0. The van der Waals surface area contributed by atoms with Gasteiger partial charge in [0, 0.05) is 4.91 Å². The normalized spacial score (nSPS) is 23.3. The molecule has 0 radical (unpaired) electrons. The van der Waals surface area contributed by atoms with Gasteiger partial charge in [0.2, 0.25) is 0 Å². The number of ether oxygens (including phenoxy) is 5. The summed E-state index contributed by atoms with van der Waals surface area (Å²) in [6, 6.07) is 29.1. The topological polar surface area (TPSA) is 135 Å². The maximum atomic E-state index is 9.98. The van der Waals surface area contributed by atoms with E-state index in [1.54, 1.807) is 0 Å². The van der Waals surface area contributed by atoms with Crippen LogP contribution in [0.2, 0.25) is 0 Å². The highest BCUT2D eigenvalue weighted by Crippen LogP contribution is 2.31. The monoisotopic (exact) mass is 549 g/mol. The molecule has 6 atom stereocenters. The molecule has 212 valence electrons. The molecule has 0 bridgehead atoms. The van der Waals surface area contributed by atoms with E-state index < -0.39 is 43.4 Å². The van der Waals surface area contributed by atoms with Crippen molar-refractivity contribution < 1.29 is 33.9 Å². The van der Waals surface area contributed by atoms with E-state index in [1.165, 1.54) is 0 Å². The third-order valence-electron chi connectivity index (χ3n) is 6.44. The lowest BCUT2D eigenvalue weighted by atomic mass is 9.97. The van der Waals surface area contributed by atoms with E-state index in [0.717, 1.165) is 16.7 Å². The molecule has 0 aromatic heterocycles. The van der Waals surface area contributed by atoms with Crippen molar-refractivity contribution in [3.63, 3.8) is 0 Å². The first-order chi connectivity index (χ1) is 19.7. The van der Waals surface area contributed by atoms with Crippen LogP contribution in [-0.4, -0.2) is 66.8 Å². The van der Waals surface area contributed by atoms with E-state index in [-0.39, 0.29) is 33.0 Å². The second-order valence-electron chi connectivity index (χ2n) is 9.41. The van der Waals surface area contributed by atoms with Crippen LogP contribution in [0.25, 0.3) is 10.4 Å². The summed E-state index contributed by atoms with van der Waals surface area (Å²) in [5.74, 6) is 0. The lowest BCUT2D eigenvalue weighted by Crippen LogP contribution is -2.61. The number of azide groups is 1. The van der Waals surface area contributed by atoms with Crippen molar-refractivity contribution in [2.24, 2.45) is 5.11 Å². The van der Waals surface area contributed by atoms with E-state index in [0.29, 0.717) is 0 Å². The summed E-state index contributed by atoms with van der Waals surface area (Å²) in [6.45, 7) is 0.0850. The predicted octanol–water partition coefficient (Wildman–Crippen LogP) is 4.15. The van der Waals surface area contributed by atoms with Crippen LogP contribution in [0.5, 0.6) is 0 Å². The number of aliphatic hydroxyl groups is 2. The van der Waals surface area contributed by atoms with Crippen LogP contribution in [0.3, 0.4) is 0 Å². The molecule has 1 saturated heterocycles. The van der Waals surface area contributed by atoms with E-state index in [2.05, 4.69) is 10.0 Å². The van der Waals surface area contributed by atoms with Gasteiger partial charge >= 0.3 is 0 Å². The molecule has 2 N–H and O–H groups in total. The molecule has 1 heterocycles. The SMILES string of the molecule is [N-]=[N+]=NC[C@H]1OC(OC[C@H](O)CO)C(OCc2ccccc2)[C@@H](OCc2ccccc2)C1OCc1ccccc1. The number of hydrogen-bond donors (Lipinski definition) is 2. The second-order valence-corrected chi connectivity index (χ2v) is 9.41. The van der Waals surface area contributed by atoms with E-state index in [9.17, 15) is 10.2 Å². The molecule has 0 amide bonds. The molecule has 3 aromatic carbocycles. The smallest absolute Gasteiger partial charge is 0.186 e. The summed E-state index contributed by atoms with van der Waals surface area (Å²) >= 11 is 0. The molecule has 10 nitrogen and oxygen atoms in total. The molecule has 3 unspecified atom stereocenters. The van der Waals surface area contributed by atoms with Gasteiger partial charge in [-0.05, 0) is 22.2 Å². The van der Waals surface area contributed by atoms with Gasteiger partial charge in [-0.1, -0.05) is 96.1 Å². The van der Waals surface area contributed by atoms with Crippen LogP contribution in [0.15, 0.2) is 96.1 Å². The first-order valence-electron chi connectivity index (χ1n) is 13.2. The zero-order valence-corrected chi connectivity index (χ0v) is 22.1. The molecule has 4 rings (SSSR count). The van der Waals surface area contributed by atoms with Gasteiger partial charge in [-0.2, -0.15) is 0 Å². The van der Waals surface area contributed by atoms with Crippen LogP contribution in [0.4, 0.5) is 0 Å². The van der Waals surface area contributed by atoms with Crippen molar-refractivity contribution in [3.05, 3.63) is 118 Å². The quantitative estimate of drug-likeness (QED) is 0.165. The van der Waals surface area contributed by atoms with Gasteiger partial charge in [0.15, 0.2) is 6.29 Å². The maximum absolute atomic E-state index is 9.98. The predicted molar refractivity (Wildman–Crippen MR) is 147 cm³/mol. The minimum atomic E-state index is -1.11. The summed E-state index contributed by atoms with van der Waals surface area (Å²) in [4.78, 5) is 2.91. The fraction of sp³-hybridized carbons (Fsp3) is 0.400. The Morgan fingerprint density at radius 1 is 0.725 bits per heavy atom.